The molecule has 1 N–H and O–H groups in total. The number of benzene rings is 2. The summed E-state index contributed by atoms with van der Waals surface area (Å²) >= 11 is 0. The van der Waals surface area contributed by atoms with Crippen LogP contribution in [0.15, 0.2) is 54.6 Å². The molecule has 0 radical (unpaired) electrons. The molecule has 2 atom stereocenters. The summed E-state index contributed by atoms with van der Waals surface area (Å²) < 4.78 is 5.72. The lowest BCUT2D eigenvalue weighted by molar-refractivity contribution is 0.0660. The fourth-order valence-electron chi connectivity index (χ4n) is 4.30. The van der Waals surface area contributed by atoms with Gasteiger partial charge in [-0.3, -0.25) is 5.32 Å². The van der Waals surface area contributed by atoms with Crippen molar-refractivity contribution in [2.75, 3.05) is 5.32 Å². The number of ether oxygens (including phenoxy) is 1. The number of anilines is 1. The summed E-state index contributed by atoms with van der Waals surface area (Å²) in [5.41, 5.74) is 2.90. The summed E-state index contributed by atoms with van der Waals surface area (Å²) in [6, 6.07) is 17.9. The van der Waals surface area contributed by atoms with Crippen LogP contribution in [0.3, 0.4) is 0 Å². The zero-order valence-corrected chi connectivity index (χ0v) is 13.8. The van der Waals surface area contributed by atoms with Crippen molar-refractivity contribution in [1.29, 1.82) is 0 Å². The second kappa shape index (κ2) is 6.68. The maximum atomic E-state index is 12.4. The molecule has 0 spiro atoms. The van der Waals surface area contributed by atoms with Gasteiger partial charge in [-0.25, -0.2) is 4.79 Å². The van der Waals surface area contributed by atoms with Crippen LogP contribution in [0.25, 0.3) is 11.1 Å². The normalized spacial score (nSPS) is 25.2. The molecule has 2 bridgehead atoms. The van der Waals surface area contributed by atoms with Crippen LogP contribution in [0, 0.1) is 11.8 Å². The summed E-state index contributed by atoms with van der Waals surface area (Å²) in [5, 5.41) is 2.95. The van der Waals surface area contributed by atoms with E-state index in [1.807, 2.05) is 54.6 Å². The van der Waals surface area contributed by atoms with E-state index in [0.29, 0.717) is 0 Å². The second-order valence-corrected chi connectivity index (χ2v) is 7.08. The van der Waals surface area contributed by atoms with Gasteiger partial charge in [-0.2, -0.15) is 0 Å². The molecule has 2 aliphatic carbocycles. The lowest BCUT2D eigenvalue weighted by Gasteiger charge is -2.27. The molecular formula is C21H23NO2. The minimum atomic E-state index is -0.329. The number of carbonyl (C=O) groups is 1. The summed E-state index contributed by atoms with van der Waals surface area (Å²) in [6.45, 7) is 0. The van der Waals surface area contributed by atoms with Gasteiger partial charge in [0.1, 0.15) is 6.10 Å². The van der Waals surface area contributed by atoms with E-state index in [2.05, 4.69) is 5.32 Å². The lowest BCUT2D eigenvalue weighted by atomic mass is 9.87. The van der Waals surface area contributed by atoms with Crippen molar-refractivity contribution in [2.24, 2.45) is 11.8 Å². The number of hydrogen-bond acceptors (Lipinski definition) is 2. The van der Waals surface area contributed by atoms with Gasteiger partial charge in [-0.05, 0) is 42.7 Å². The number of carbonyl (C=O) groups excluding carboxylic acids is 1. The van der Waals surface area contributed by atoms with Gasteiger partial charge in [-0.1, -0.05) is 61.4 Å². The molecule has 124 valence electrons. The highest BCUT2D eigenvalue weighted by Gasteiger charge is 2.35. The van der Waals surface area contributed by atoms with Gasteiger partial charge in [0, 0.05) is 5.56 Å². The largest absolute Gasteiger partial charge is 0.446 e. The second-order valence-electron chi connectivity index (χ2n) is 7.08. The van der Waals surface area contributed by atoms with Gasteiger partial charge < -0.3 is 4.74 Å². The Morgan fingerprint density at radius 2 is 1.54 bits per heavy atom. The highest BCUT2D eigenvalue weighted by Crippen LogP contribution is 2.43. The van der Waals surface area contributed by atoms with Crippen molar-refractivity contribution >= 4 is 11.8 Å². The topological polar surface area (TPSA) is 38.3 Å². The molecule has 0 aliphatic heterocycles. The molecule has 3 heteroatoms. The van der Waals surface area contributed by atoms with Gasteiger partial charge in [0.05, 0.1) is 5.69 Å². The fraction of sp³-hybridized carbons (Fsp3) is 0.381. The Hall–Kier alpha value is -2.29. The van der Waals surface area contributed by atoms with Gasteiger partial charge in [0.2, 0.25) is 0 Å². The predicted molar refractivity (Wildman–Crippen MR) is 95.8 cm³/mol. The molecule has 0 saturated heterocycles. The Balaban J connectivity index is 1.45. The van der Waals surface area contributed by atoms with E-state index < -0.39 is 0 Å². The highest BCUT2D eigenvalue weighted by atomic mass is 16.6. The van der Waals surface area contributed by atoms with Crippen LogP contribution in [-0.4, -0.2) is 12.2 Å². The van der Waals surface area contributed by atoms with E-state index in [9.17, 15) is 4.79 Å². The van der Waals surface area contributed by atoms with E-state index in [-0.39, 0.29) is 12.2 Å². The molecule has 24 heavy (non-hydrogen) atoms. The van der Waals surface area contributed by atoms with Crippen molar-refractivity contribution in [3.63, 3.8) is 0 Å². The number of rotatable bonds is 3. The Labute approximate surface area is 143 Å². The monoisotopic (exact) mass is 321 g/mol. The van der Waals surface area contributed by atoms with Crippen LogP contribution >= 0.6 is 0 Å². The van der Waals surface area contributed by atoms with E-state index in [4.69, 9.17) is 4.74 Å². The van der Waals surface area contributed by atoms with E-state index >= 15 is 0 Å². The summed E-state index contributed by atoms with van der Waals surface area (Å²) in [5.74, 6) is 1.52. The Bertz CT molecular complexity index is 701. The number of para-hydroxylation sites is 1. The first-order valence-electron chi connectivity index (χ1n) is 8.90. The van der Waals surface area contributed by atoms with Crippen molar-refractivity contribution in [2.45, 2.75) is 38.2 Å². The lowest BCUT2D eigenvalue weighted by Crippen LogP contribution is -2.28. The highest BCUT2D eigenvalue weighted by molar-refractivity contribution is 5.91. The third kappa shape index (κ3) is 3.30. The van der Waals surface area contributed by atoms with Crippen LogP contribution in [0.4, 0.5) is 10.5 Å². The van der Waals surface area contributed by atoms with Gasteiger partial charge in [-0.15, -0.1) is 0 Å². The molecule has 3 nitrogen and oxygen atoms in total. The SMILES string of the molecule is O=C(Nc1ccccc1-c1ccccc1)OC1CC2CCC(C2)C1. The number of nitrogens with one attached hydrogen (secondary N) is 1. The average molecular weight is 321 g/mol. The minimum absolute atomic E-state index is 0.0835. The zero-order chi connectivity index (χ0) is 16.4. The first-order chi connectivity index (χ1) is 11.8. The van der Waals surface area contributed by atoms with E-state index in [0.717, 1.165) is 41.5 Å². The number of hydrogen-bond donors (Lipinski definition) is 1. The molecule has 1 amide bonds. The van der Waals surface area contributed by atoms with E-state index in [1.165, 1.54) is 19.3 Å². The van der Waals surface area contributed by atoms with Crippen molar-refractivity contribution in [3.05, 3.63) is 54.6 Å². The zero-order valence-electron chi connectivity index (χ0n) is 13.8. The number of amides is 1. The van der Waals surface area contributed by atoms with Gasteiger partial charge in [0.15, 0.2) is 0 Å². The summed E-state index contributed by atoms with van der Waals surface area (Å²) in [7, 11) is 0. The maximum Gasteiger partial charge on any atom is 0.411 e. The molecule has 0 heterocycles. The predicted octanol–water partition coefficient (Wildman–Crippen LogP) is 5.48. The van der Waals surface area contributed by atoms with Crippen LogP contribution in [0.1, 0.15) is 32.1 Å². The molecule has 2 fully saturated rings. The standard InChI is InChI=1S/C21H23NO2/c23-21(24-18-13-15-10-11-16(12-15)14-18)22-20-9-5-4-8-19(20)17-6-2-1-3-7-17/h1-9,15-16,18H,10-14H2,(H,22,23). The molecular weight excluding hydrogens is 298 g/mol. The molecule has 2 unspecified atom stereocenters. The first-order valence-corrected chi connectivity index (χ1v) is 8.90. The molecule has 0 aromatic heterocycles. The number of fused-ring (bicyclic) bond motifs is 2. The van der Waals surface area contributed by atoms with Crippen LogP contribution < -0.4 is 5.32 Å². The van der Waals surface area contributed by atoms with Crippen molar-refractivity contribution in [3.8, 4) is 11.1 Å². The third-order valence-electron chi connectivity index (χ3n) is 5.36. The molecule has 4 rings (SSSR count). The molecule has 2 aliphatic rings. The van der Waals surface area contributed by atoms with Crippen LogP contribution in [-0.2, 0) is 4.74 Å². The van der Waals surface area contributed by atoms with Crippen LogP contribution in [0.2, 0.25) is 0 Å². The van der Waals surface area contributed by atoms with E-state index in [1.54, 1.807) is 0 Å². The molecule has 2 saturated carbocycles. The molecule has 2 aromatic rings. The third-order valence-corrected chi connectivity index (χ3v) is 5.36. The fourth-order valence-corrected chi connectivity index (χ4v) is 4.30. The first kappa shape index (κ1) is 15.3. The van der Waals surface area contributed by atoms with Gasteiger partial charge in [0.25, 0.3) is 0 Å². The minimum Gasteiger partial charge on any atom is -0.446 e. The quantitative estimate of drug-likeness (QED) is 0.813. The Kier molecular flexibility index (Phi) is 4.24. The van der Waals surface area contributed by atoms with Crippen molar-refractivity contribution in [1.82, 2.24) is 0 Å². The molecule has 2 aromatic carbocycles. The van der Waals surface area contributed by atoms with Crippen molar-refractivity contribution < 1.29 is 9.53 Å². The smallest absolute Gasteiger partial charge is 0.411 e. The Morgan fingerprint density at radius 1 is 0.875 bits per heavy atom. The van der Waals surface area contributed by atoms with Crippen LogP contribution in [0.5, 0.6) is 0 Å². The summed E-state index contributed by atoms with van der Waals surface area (Å²) in [6.07, 6.45) is 5.77. The average Bonchev–Trinajstić information content (AvgIpc) is 2.94. The van der Waals surface area contributed by atoms with Gasteiger partial charge >= 0.3 is 6.09 Å². The maximum absolute atomic E-state index is 12.4. The Morgan fingerprint density at radius 3 is 2.29 bits per heavy atom. The summed E-state index contributed by atoms with van der Waals surface area (Å²) in [4.78, 5) is 12.4.